The van der Waals surface area contributed by atoms with Gasteiger partial charge in [0.15, 0.2) is 5.75 Å². The van der Waals surface area contributed by atoms with Crippen molar-refractivity contribution < 1.29 is 14.3 Å². The lowest BCUT2D eigenvalue weighted by molar-refractivity contribution is 0.0665. The number of benzene rings is 1. The standard InChI is InChI=1S/C15H22N2O3/c1-3-17(9-11-19-4-2)15(18)12-6-5-7-13-14(12)20-10-8-16-13/h5-7,16H,3-4,8-11H2,1-2H3. The highest BCUT2D eigenvalue weighted by Gasteiger charge is 2.22. The molecule has 1 heterocycles. The molecular formula is C15H22N2O3. The van der Waals surface area contributed by atoms with Crippen LogP contribution < -0.4 is 10.1 Å². The second-order valence-electron chi connectivity index (χ2n) is 4.54. The Morgan fingerprint density at radius 1 is 1.45 bits per heavy atom. The molecule has 0 unspecified atom stereocenters. The summed E-state index contributed by atoms with van der Waals surface area (Å²) >= 11 is 0. The Hall–Kier alpha value is -1.75. The average molecular weight is 278 g/mol. The fourth-order valence-electron chi connectivity index (χ4n) is 2.23. The molecule has 1 N–H and O–H groups in total. The van der Waals surface area contributed by atoms with E-state index in [0.717, 1.165) is 12.2 Å². The van der Waals surface area contributed by atoms with Gasteiger partial charge in [-0.2, -0.15) is 0 Å². The number of nitrogens with one attached hydrogen (secondary N) is 1. The lowest BCUT2D eigenvalue weighted by atomic mass is 10.1. The first-order chi connectivity index (χ1) is 9.77. The van der Waals surface area contributed by atoms with Crippen LogP contribution in [0.1, 0.15) is 24.2 Å². The first-order valence-corrected chi connectivity index (χ1v) is 7.14. The van der Waals surface area contributed by atoms with Crippen molar-refractivity contribution in [2.75, 3.05) is 44.8 Å². The Morgan fingerprint density at radius 3 is 3.05 bits per heavy atom. The number of carbonyl (C=O) groups excluding carboxylic acids is 1. The summed E-state index contributed by atoms with van der Waals surface area (Å²) in [7, 11) is 0. The SMILES string of the molecule is CCOCCN(CC)C(=O)c1cccc2c1OCCN2. The molecule has 0 bridgehead atoms. The summed E-state index contributed by atoms with van der Waals surface area (Å²) in [4.78, 5) is 14.4. The summed E-state index contributed by atoms with van der Waals surface area (Å²) in [5.74, 6) is 0.659. The van der Waals surface area contributed by atoms with Crippen molar-refractivity contribution in [3.8, 4) is 5.75 Å². The second kappa shape index (κ2) is 7.14. The monoisotopic (exact) mass is 278 g/mol. The van der Waals surface area contributed by atoms with E-state index in [9.17, 15) is 4.79 Å². The van der Waals surface area contributed by atoms with E-state index in [1.54, 1.807) is 4.90 Å². The maximum atomic E-state index is 12.6. The molecule has 5 heteroatoms. The lowest BCUT2D eigenvalue weighted by Crippen LogP contribution is -2.34. The summed E-state index contributed by atoms with van der Waals surface area (Å²) in [5, 5.41) is 3.25. The molecule has 110 valence electrons. The van der Waals surface area contributed by atoms with Crippen LogP contribution in [0.15, 0.2) is 18.2 Å². The summed E-state index contributed by atoms with van der Waals surface area (Å²) in [6, 6.07) is 5.63. The van der Waals surface area contributed by atoms with Crippen LogP contribution in [-0.2, 0) is 4.74 Å². The van der Waals surface area contributed by atoms with Crippen molar-refractivity contribution >= 4 is 11.6 Å². The molecule has 20 heavy (non-hydrogen) atoms. The van der Waals surface area contributed by atoms with Crippen LogP contribution in [0.3, 0.4) is 0 Å². The molecular weight excluding hydrogens is 256 g/mol. The highest BCUT2D eigenvalue weighted by Crippen LogP contribution is 2.31. The fraction of sp³-hybridized carbons (Fsp3) is 0.533. The van der Waals surface area contributed by atoms with E-state index in [1.165, 1.54) is 0 Å². The summed E-state index contributed by atoms with van der Waals surface area (Å²) in [5.41, 5.74) is 1.51. The van der Waals surface area contributed by atoms with Crippen molar-refractivity contribution in [2.45, 2.75) is 13.8 Å². The zero-order chi connectivity index (χ0) is 14.4. The number of ether oxygens (including phenoxy) is 2. The number of carbonyl (C=O) groups is 1. The Morgan fingerprint density at radius 2 is 2.30 bits per heavy atom. The van der Waals surface area contributed by atoms with Crippen LogP contribution in [0.2, 0.25) is 0 Å². The molecule has 0 saturated carbocycles. The minimum Gasteiger partial charge on any atom is -0.489 e. The first-order valence-electron chi connectivity index (χ1n) is 7.14. The van der Waals surface area contributed by atoms with Crippen LogP contribution in [0.4, 0.5) is 5.69 Å². The third-order valence-electron chi connectivity index (χ3n) is 3.29. The smallest absolute Gasteiger partial charge is 0.257 e. The maximum Gasteiger partial charge on any atom is 0.257 e. The molecule has 5 nitrogen and oxygen atoms in total. The minimum atomic E-state index is -0.00671. The van der Waals surface area contributed by atoms with Crippen molar-refractivity contribution in [3.05, 3.63) is 23.8 Å². The molecule has 1 aromatic carbocycles. The zero-order valence-electron chi connectivity index (χ0n) is 12.1. The van der Waals surface area contributed by atoms with Crippen molar-refractivity contribution in [3.63, 3.8) is 0 Å². The third kappa shape index (κ3) is 3.22. The molecule has 1 amide bonds. The maximum absolute atomic E-state index is 12.6. The van der Waals surface area contributed by atoms with Gasteiger partial charge in [-0.1, -0.05) is 6.07 Å². The highest BCUT2D eigenvalue weighted by molar-refractivity contribution is 5.99. The van der Waals surface area contributed by atoms with E-state index in [0.29, 0.717) is 44.2 Å². The van der Waals surface area contributed by atoms with Gasteiger partial charge in [0.25, 0.3) is 5.91 Å². The van der Waals surface area contributed by atoms with Crippen molar-refractivity contribution in [2.24, 2.45) is 0 Å². The number of fused-ring (bicyclic) bond motifs is 1. The topological polar surface area (TPSA) is 50.8 Å². The van der Waals surface area contributed by atoms with Gasteiger partial charge >= 0.3 is 0 Å². The molecule has 1 aromatic rings. The van der Waals surface area contributed by atoms with Gasteiger partial charge in [0.05, 0.1) is 17.9 Å². The molecule has 0 aliphatic carbocycles. The molecule has 0 radical (unpaired) electrons. The molecule has 2 rings (SSSR count). The van der Waals surface area contributed by atoms with Gasteiger partial charge < -0.3 is 19.7 Å². The van der Waals surface area contributed by atoms with Crippen LogP contribution in [0.5, 0.6) is 5.75 Å². The van der Waals surface area contributed by atoms with E-state index in [2.05, 4.69) is 5.32 Å². The highest BCUT2D eigenvalue weighted by atomic mass is 16.5. The van der Waals surface area contributed by atoms with Crippen LogP contribution >= 0.6 is 0 Å². The minimum absolute atomic E-state index is 0.00671. The number of hydrogen-bond acceptors (Lipinski definition) is 4. The van der Waals surface area contributed by atoms with Gasteiger partial charge in [0.1, 0.15) is 6.61 Å². The predicted molar refractivity (Wildman–Crippen MR) is 78.5 cm³/mol. The number of anilines is 1. The number of amides is 1. The van der Waals surface area contributed by atoms with E-state index in [1.807, 2.05) is 32.0 Å². The predicted octanol–water partition coefficient (Wildman–Crippen LogP) is 1.99. The molecule has 1 aliphatic rings. The summed E-state index contributed by atoms with van der Waals surface area (Å²) in [6.45, 7) is 7.76. The lowest BCUT2D eigenvalue weighted by Gasteiger charge is -2.25. The van der Waals surface area contributed by atoms with Gasteiger partial charge in [0, 0.05) is 26.2 Å². The summed E-state index contributed by atoms with van der Waals surface area (Å²) in [6.07, 6.45) is 0. The van der Waals surface area contributed by atoms with Gasteiger partial charge in [-0.3, -0.25) is 4.79 Å². The van der Waals surface area contributed by atoms with Crippen LogP contribution in [-0.4, -0.2) is 50.3 Å². The Bertz CT molecular complexity index is 462. The number of nitrogens with zero attached hydrogens (tertiary/aromatic N) is 1. The molecule has 0 atom stereocenters. The Labute approximate surface area is 119 Å². The van der Waals surface area contributed by atoms with Crippen LogP contribution in [0.25, 0.3) is 0 Å². The molecule has 0 spiro atoms. The zero-order valence-corrected chi connectivity index (χ0v) is 12.1. The number of para-hydroxylation sites is 1. The fourth-order valence-corrected chi connectivity index (χ4v) is 2.23. The Kier molecular flexibility index (Phi) is 5.24. The van der Waals surface area contributed by atoms with Gasteiger partial charge in [-0.25, -0.2) is 0 Å². The van der Waals surface area contributed by atoms with Gasteiger partial charge in [0.2, 0.25) is 0 Å². The Balaban J connectivity index is 2.15. The molecule has 0 saturated heterocycles. The summed E-state index contributed by atoms with van der Waals surface area (Å²) < 4.78 is 11.0. The first kappa shape index (κ1) is 14.7. The van der Waals surface area contributed by atoms with Crippen molar-refractivity contribution in [1.29, 1.82) is 0 Å². The normalized spacial score (nSPS) is 13.1. The number of likely N-dealkylation sites (N-methyl/N-ethyl adjacent to an activating group) is 1. The largest absolute Gasteiger partial charge is 0.489 e. The van der Waals surface area contributed by atoms with E-state index < -0.39 is 0 Å². The van der Waals surface area contributed by atoms with Gasteiger partial charge in [-0.05, 0) is 26.0 Å². The number of hydrogen-bond donors (Lipinski definition) is 1. The van der Waals surface area contributed by atoms with E-state index in [-0.39, 0.29) is 5.91 Å². The molecule has 0 fully saturated rings. The van der Waals surface area contributed by atoms with E-state index >= 15 is 0 Å². The third-order valence-corrected chi connectivity index (χ3v) is 3.29. The van der Waals surface area contributed by atoms with E-state index in [4.69, 9.17) is 9.47 Å². The van der Waals surface area contributed by atoms with Crippen molar-refractivity contribution in [1.82, 2.24) is 4.90 Å². The quantitative estimate of drug-likeness (QED) is 0.809. The molecule has 0 aromatic heterocycles. The molecule has 1 aliphatic heterocycles. The second-order valence-corrected chi connectivity index (χ2v) is 4.54. The number of rotatable bonds is 6. The average Bonchev–Trinajstić information content (AvgIpc) is 2.50. The van der Waals surface area contributed by atoms with Crippen LogP contribution in [0, 0.1) is 0 Å². The van der Waals surface area contributed by atoms with Gasteiger partial charge in [-0.15, -0.1) is 0 Å².